The summed E-state index contributed by atoms with van der Waals surface area (Å²) in [6.45, 7) is 6.95. The Morgan fingerprint density at radius 1 is 1.19 bits per heavy atom. The van der Waals surface area contributed by atoms with Crippen molar-refractivity contribution >= 4 is 11.8 Å². The van der Waals surface area contributed by atoms with Crippen molar-refractivity contribution in [3.8, 4) is 11.5 Å². The zero-order valence-electron chi connectivity index (χ0n) is 21.5. The van der Waals surface area contributed by atoms with Crippen molar-refractivity contribution in [2.75, 3.05) is 20.2 Å². The summed E-state index contributed by atoms with van der Waals surface area (Å²) in [5, 5.41) is 2.88. The maximum absolute atomic E-state index is 13.6. The molecule has 5 rings (SSSR count). The Morgan fingerprint density at radius 3 is 2.69 bits per heavy atom. The first kappa shape index (κ1) is 24.6. The van der Waals surface area contributed by atoms with Gasteiger partial charge in [-0.1, -0.05) is 30.3 Å². The average molecular weight is 493 g/mol. The number of hydrogen-bond donors (Lipinski definition) is 1. The van der Waals surface area contributed by atoms with Crippen LogP contribution in [0.3, 0.4) is 0 Å². The van der Waals surface area contributed by atoms with E-state index in [1.165, 1.54) is 6.92 Å². The Labute approximate surface area is 213 Å². The number of rotatable bonds is 5. The molecule has 2 fully saturated rings. The molecule has 7 heteroatoms. The third-order valence-corrected chi connectivity index (χ3v) is 7.97. The monoisotopic (exact) mass is 492 g/mol. The molecule has 0 radical (unpaired) electrons. The lowest BCUT2D eigenvalue weighted by Crippen LogP contribution is -2.58. The molecule has 0 spiro atoms. The highest BCUT2D eigenvalue weighted by Crippen LogP contribution is 2.53. The minimum atomic E-state index is -0.574. The van der Waals surface area contributed by atoms with E-state index < -0.39 is 11.6 Å². The number of ether oxygens (including phenoxy) is 3. The second-order valence-electron chi connectivity index (χ2n) is 10.8. The lowest BCUT2D eigenvalue weighted by molar-refractivity contribution is -0.189. The summed E-state index contributed by atoms with van der Waals surface area (Å²) >= 11 is 0. The fourth-order valence-corrected chi connectivity index (χ4v) is 6.13. The summed E-state index contributed by atoms with van der Waals surface area (Å²) in [6.07, 6.45) is 2.23. The van der Waals surface area contributed by atoms with E-state index in [1.54, 1.807) is 7.11 Å². The first-order valence-electron chi connectivity index (χ1n) is 12.9. The highest BCUT2D eigenvalue weighted by Gasteiger charge is 2.51. The number of fused-ring (bicyclic) bond motifs is 4. The van der Waals surface area contributed by atoms with Gasteiger partial charge in [0.05, 0.1) is 19.3 Å². The first-order valence-corrected chi connectivity index (χ1v) is 12.9. The van der Waals surface area contributed by atoms with E-state index in [1.807, 2.05) is 47.4 Å². The number of hydrogen-bond acceptors (Lipinski definition) is 5. The van der Waals surface area contributed by atoms with Gasteiger partial charge < -0.3 is 24.4 Å². The van der Waals surface area contributed by atoms with E-state index >= 15 is 0 Å². The van der Waals surface area contributed by atoms with Gasteiger partial charge in [0.15, 0.2) is 0 Å². The summed E-state index contributed by atoms with van der Waals surface area (Å²) < 4.78 is 18.6. The lowest BCUT2D eigenvalue weighted by atomic mass is 9.70. The van der Waals surface area contributed by atoms with Gasteiger partial charge in [-0.3, -0.25) is 9.59 Å². The van der Waals surface area contributed by atoms with Crippen LogP contribution in [0.2, 0.25) is 0 Å². The van der Waals surface area contributed by atoms with Crippen LogP contribution < -0.4 is 14.8 Å². The van der Waals surface area contributed by atoms with E-state index in [9.17, 15) is 9.59 Å². The van der Waals surface area contributed by atoms with Crippen LogP contribution in [-0.4, -0.2) is 54.7 Å². The van der Waals surface area contributed by atoms with E-state index in [2.05, 4.69) is 25.2 Å². The normalized spacial score (nSPS) is 26.9. The Kier molecular flexibility index (Phi) is 6.68. The predicted octanol–water partition coefficient (Wildman–Crippen LogP) is 3.91. The molecule has 2 saturated heterocycles. The van der Waals surface area contributed by atoms with Crippen molar-refractivity contribution in [3.63, 3.8) is 0 Å². The Bertz CT molecular complexity index is 1120. The number of benzene rings is 2. The van der Waals surface area contributed by atoms with Crippen LogP contribution in [0.15, 0.2) is 48.5 Å². The Hall–Kier alpha value is -3.06. The van der Waals surface area contributed by atoms with Crippen LogP contribution in [0, 0.1) is 11.8 Å². The fourth-order valence-electron chi connectivity index (χ4n) is 6.13. The van der Waals surface area contributed by atoms with Gasteiger partial charge >= 0.3 is 0 Å². The maximum atomic E-state index is 13.6. The SMILES string of the molecule is COc1ccc2c(c1)OC(C)(C)[C@H]1C[C@@H]3CN(C(=O)[C@@H](Cc4ccccc4)NC(C)=O)CC[C@@H]3O[C@H]21. The number of nitrogens with zero attached hydrogens (tertiary/aromatic N) is 1. The Balaban J connectivity index is 1.32. The summed E-state index contributed by atoms with van der Waals surface area (Å²) in [5.41, 5.74) is 1.69. The van der Waals surface area contributed by atoms with Crippen LogP contribution in [0.5, 0.6) is 11.5 Å². The van der Waals surface area contributed by atoms with Crippen LogP contribution in [-0.2, 0) is 20.7 Å². The number of likely N-dealkylation sites (tertiary alicyclic amines) is 1. The molecule has 3 heterocycles. The van der Waals surface area contributed by atoms with Crippen molar-refractivity contribution in [3.05, 3.63) is 59.7 Å². The van der Waals surface area contributed by atoms with E-state index in [0.717, 1.165) is 35.5 Å². The minimum absolute atomic E-state index is 0.0220. The zero-order chi connectivity index (χ0) is 25.4. The van der Waals surface area contributed by atoms with E-state index in [-0.39, 0.29) is 35.9 Å². The predicted molar refractivity (Wildman–Crippen MR) is 136 cm³/mol. The fraction of sp³-hybridized carbons (Fsp3) is 0.517. The molecule has 0 bridgehead atoms. The molecule has 2 aromatic carbocycles. The molecule has 7 nitrogen and oxygen atoms in total. The molecule has 3 aliphatic heterocycles. The molecule has 0 saturated carbocycles. The second kappa shape index (κ2) is 9.77. The smallest absolute Gasteiger partial charge is 0.245 e. The van der Waals surface area contributed by atoms with Gasteiger partial charge in [0, 0.05) is 49.9 Å². The van der Waals surface area contributed by atoms with Gasteiger partial charge in [-0.25, -0.2) is 0 Å². The summed E-state index contributed by atoms with van der Waals surface area (Å²) in [6, 6.07) is 15.2. The van der Waals surface area contributed by atoms with Crippen LogP contribution >= 0.6 is 0 Å². The van der Waals surface area contributed by atoms with E-state index in [0.29, 0.717) is 19.5 Å². The maximum Gasteiger partial charge on any atom is 0.245 e. The van der Waals surface area contributed by atoms with Gasteiger partial charge in [-0.2, -0.15) is 0 Å². The molecule has 3 aliphatic rings. The molecular formula is C29H36N2O5. The topological polar surface area (TPSA) is 77.1 Å². The molecule has 5 atom stereocenters. The van der Waals surface area contributed by atoms with Gasteiger partial charge in [-0.15, -0.1) is 0 Å². The standard InChI is InChI=1S/C29H36N2O5/c1-18(32)30-24(14-19-8-6-5-7-9-19)28(33)31-13-12-25-20(17-31)15-23-27(35-25)22-11-10-21(34-4)16-26(22)36-29(23,2)3/h5-11,16,20,23-25,27H,12-15,17H2,1-4H3,(H,30,32)/t20-,23+,24-,25+,27-/m1/s1. The van der Waals surface area contributed by atoms with Crippen LogP contribution in [0.25, 0.3) is 0 Å². The van der Waals surface area contributed by atoms with E-state index in [4.69, 9.17) is 14.2 Å². The number of carbonyl (C=O) groups excluding carboxylic acids is 2. The van der Waals surface area contributed by atoms with Crippen molar-refractivity contribution in [2.24, 2.45) is 11.8 Å². The van der Waals surface area contributed by atoms with Gasteiger partial charge in [0.25, 0.3) is 0 Å². The largest absolute Gasteiger partial charge is 0.497 e. The molecule has 2 amide bonds. The highest BCUT2D eigenvalue weighted by atomic mass is 16.5. The van der Waals surface area contributed by atoms with Crippen molar-refractivity contribution in [1.29, 1.82) is 0 Å². The quantitative estimate of drug-likeness (QED) is 0.685. The third-order valence-electron chi connectivity index (χ3n) is 7.97. The summed E-state index contributed by atoms with van der Waals surface area (Å²) in [7, 11) is 1.66. The van der Waals surface area contributed by atoms with Gasteiger partial charge in [0.1, 0.15) is 23.1 Å². The van der Waals surface area contributed by atoms with Crippen LogP contribution in [0.1, 0.15) is 50.8 Å². The minimum Gasteiger partial charge on any atom is -0.497 e. The second-order valence-corrected chi connectivity index (χ2v) is 10.8. The van der Waals surface area contributed by atoms with Crippen molar-refractivity contribution < 1.29 is 23.8 Å². The Morgan fingerprint density at radius 2 is 1.97 bits per heavy atom. The molecule has 0 aromatic heterocycles. The molecular weight excluding hydrogens is 456 g/mol. The van der Waals surface area contributed by atoms with Gasteiger partial charge in [0.2, 0.25) is 11.8 Å². The molecule has 192 valence electrons. The molecule has 36 heavy (non-hydrogen) atoms. The first-order chi connectivity index (χ1) is 17.2. The summed E-state index contributed by atoms with van der Waals surface area (Å²) in [5.74, 6) is 1.77. The third kappa shape index (κ3) is 4.81. The average Bonchev–Trinajstić information content (AvgIpc) is 2.86. The molecule has 0 unspecified atom stereocenters. The zero-order valence-corrected chi connectivity index (χ0v) is 21.5. The highest BCUT2D eigenvalue weighted by molar-refractivity contribution is 5.87. The number of nitrogens with one attached hydrogen (secondary N) is 1. The number of amides is 2. The molecule has 1 N–H and O–H groups in total. The van der Waals surface area contributed by atoms with Crippen molar-refractivity contribution in [2.45, 2.75) is 63.9 Å². The van der Waals surface area contributed by atoms with Gasteiger partial charge in [-0.05, 0) is 44.4 Å². The number of methoxy groups -OCH3 is 1. The van der Waals surface area contributed by atoms with Crippen molar-refractivity contribution in [1.82, 2.24) is 10.2 Å². The lowest BCUT2D eigenvalue weighted by Gasteiger charge is -2.53. The molecule has 0 aliphatic carbocycles. The molecule has 2 aromatic rings. The van der Waals surface area contributed by atoms with Crippen LogP contribution in [0.4, 0.5) is 0 Å². The number of carbonyl (C=O) groups is 2. The summed E-state index contributed by atoms with van der Waals surface area (Å²) in [4.78, 5) is 27.4. The number of piperidine rings is 1.